The van der Waals surface area contributed by atoms with E-state index < -0.39 is 11.7 Å². The summed E-state index contributed by atoms with van der Waals surface area (Å²) in [6.07, 6.45) is -0.282. The van der Waals surface area contributed by atoms with Crippen LogP contribution in [0.25, 0.3) is 0 Å². The van der Waals surface area contributed by atoms with Crippen molar-refractivity contribution in [1.82, 2.24) is 0 Å². The van der Waals surface area contributed by atoms with E-state index in [1.165, 1.54) is 0 Å². The molecular formula is C16H21NO4. The number of ether oxygens (including phenoxy) is 3. The van der Waals surface area contributed by atoms with E-state index >= 15 is 0 Å². The largest absolute Gasteiger partial charge is 0.487 e. The highest BCUT2D eigenvalue weighted by molar-refractivity contribution is 5.88. The number of carbonyl (C=O) groups is 1. The van der Waals surface area contributed by atoms with Gasteiger partial charge in [0.2, 0.25) is 0 Å². The molecule has 0 aromatic heterocycles. The van der Waals surface area contributed by atoms with Crippen molar-refractivity contribution in [3.05, 3.63) is 23.8 Å². The maximum absolute atomic E-state index is 11.9. The van der Waals surface area contributed by atoms with Crippen LogP contribution < -0.4 is 10.1 Å². The van der Waals surface area contributed by atoms with Gasteiger partial charge in [-0.15, -0.1) is 0 Å². The van der Waals surface area contributed by atoms with E-state index in [1.54, 1.807) is 7.11 Å². The highest BCUT2D eigenvalue weighted by Crippen LogP contribution is 2.60. The molecule has 1 aliphatic carbocycles. The molecule has 2 aliphatic rings. The smallest absolute Gasteiger partial charge is 0.412 e. The van der Waals surface area contributed by atoms with Crippen molar-refractivity contribution >= 4 is 11.8 Å². The number of para-hydroxylation sites is 1. The lowest BCUT2D eigenvalue weighted by Crippen LogP contribution is -2.27. The van der Waals surface area contributed by atoms with Crippen LogP contribution in [-0.2, 0) is 9.47 Å². The maximum Gasteiger partial charge on any atom is 0.412 e. The number of methoxy groups -OCH3 is 1. The lowest BCUT2D eigenvalue weighted by atomic mass is 10.1. The van der Waals surface area contributed by atoms with Gasteiger partial charge in [-0.2, -0.15) is 0 Å². The average Bonchev–Trinajstić information content (AvgIpc) is 2.88. The standard InChI is InChI=1S/C16H21NO4/c1-16(2,3)21-15(18)17-11-7-5-6-9-12-10(8-19-4)14(12)20-13(9)11/h5-7,10,12,14H,8H2,1-4H3,(H,17,18). The van der Waals surface area contributed by atoms with Crippen LogP contribution in [0.5, 0.6) is 5.75 Å². The van der Waals surface area contributed by atoms with Crippen LogP contribution in [0, 0.1) is 5.92 Å². The Morgan fingerprint density at radius 2 is 2.14 bits per heavy atom. The molecule has 1 aromatic rings. The summed E-state index contributed by atoms with van der Waals surface area (Å²) in [5.41, 5.74) is 1.30. The van der Waals surface area contributed by atoms with Gasteiger partial charge in [-0.1, -0.05) is 12.1 Å². The Labute approximate surface area is 124 Å². The van der Waals surface area contributed by atoms with Gasteiger partial charge in [-0.05, 0) is 26.8 Å². The van der Waals surface area contributed by atoms with Gasteiger partial charge in [-0.3, -0.25) is 5.32 Å². The van der Waals surface area contributed by atoms with Gasteiger partial charge in [0.25, 0.3) is 0 Å². The Morgan fingerprint density at radius 1 is 1.38 bits per heavy atom. The minimum Gasteiger partial charge on any atom is -0.487 e. The van der Waals surface area contributed by atoms with E-state index in [-0.39, 0.29) is 6.10 Å². The van der Waals surface area contributed by atoms with Crippen molar-refractivity contribution in [3.8, 4) is 5.75 Å². The van der Waals surface area contributed by atoms with Crippen LogP contribution in [0.4, 0.5) is 10.5 Å². The van der Waals surface area contributed by atoms with Gasteiger partial charge in [0.15, 0.2) is 0 Å². The van der Waals surface area contributed by atoms with Crippen molar-refractivity contribution in [3.63, 3.8) is 0 Å². The third kappa shape index (κ3) is 2.70. The topological polar surface area (TPSA) is 56.8 Å². The Hall–Kier alpha value is -1.75. The molecule has 1 amide bonds. The summed E-state index contributed by atoms with van der Waals surface area (Å²) in [7, 11) is 1.70. The van der Waals surface area contributed by atoms with Gasteiger partial charge < -0.3 is 14.2 Å². The normalized spacial score (nSPS) is 25.6. The summed E-state index contributed by atoms with van der Waals surface area (Å²) < 4.78 is 16.4. The number of hydrogen-bond acceptors (Lipinski definition) is 4. The van der Waals surface area contributed by atoms with Crippen LogP contribution in [-0.4, -0.2) is 31.5 Å². The Kier molecular flexibility index (Phi) is 3.32. The van der Waals surface area contributed by atoms with Gasteiger partial charge >= 0.3 is 6.09 Å². The molecule has 1 heterocycles. The SMILES string of the molecule is COCC1C2Oc3c(NC(=O)OC(C)(C)C)cccc3C12. The molecule has 1 fully saturated rings. The predicted molar refractivity (Wildman–Crippen MR) is 78.8 cm³/mol. The molecule has 1 aromatic carbocycles. The first kappa shape index (κ1) is 14.2. The van der Waals surface area contributed by atoms with E-state index in [9.17, 15) is 4.79 Å². The van der Waals surface area contributed by atoms with E-state index in [2.05, 4.69) is 11.4 Å². The first-order valence-electron chi connectivity index (χ1n) is 7.19. The molecule has 1 saturated carbocycles. The number of anilines is 1. The molecule has 5 heteroatoms. The minimum absolute atomic E-state index is 0.182. The highest BCUT2D eigenvalue weighted by atomic mass is 16.6. The van der Waals surface area contributed by atoms with Gasteiger partial charge in [0.05, 0.1) is 12.3 Å². The molecule has 0 radical (unpaired) electrons. The second kappa shape index (κ2) is 4.91. The van der Waals surface area contributed by atoms with Crippen molar-refractivity contribution < 1.29 is 19.0 Å². The molecule has 5 nitrogen and oxygen atoms in total. The molecule has 114 valence electrons. The summed E-state index contributed by atoms with van der Waals surface area (Å²) in [6.45, 7) is 6.22. The number of nitrogens with one attached hydrogen (secondary N) is 1. The van der Waals surface area contributed by atoms with Crippen LogP contribution in [0.15, 0.2) is 18.2 Å². The lowest BCUT2D eigenvalue weighted by Gasteiger charge is -2.20. The summed E-state index contributed by atoms with van der Waals surface area (Å²) in [5, 5.41) is 2.77. The van der Waals surface area contributed by atoms with Crippen LogP contribution in [0.3, 0.4) is 0 Å². The molecule has 0 spiro atoms. The number of amides is 1. The molecule has 3 rings (SSSR count). The van der Waals surface area contributed by atoms with E-state index in [1.807, 2.05) is 32.9 Å². The third-order valence-electron chi connectivity index (χ3n) is 3.75. The van der Waals surface area contributed by atoms with Crippen molar-refractivity contribution in [2.24, 2.45) is 5.92 Å². The molecule has 3 unspecified atom stereocenters. The molecule has 1 N–H and O–H groups in total. The third-order valence-corrected chi connectivity index (χ3v) is 3.75. The van der Waals surface area contributed by atoms with Crippen molar-refractivity contribution in [2.75, 3.05) is 19.0 Å². The first-order valence-corrected chi connectivity index (χ1v) is 7.19. The Bertz CT molecular complexity index is 564. The van der Waals surface area contributed by atoms with E-state index in [4.69, 9.17) is 14.2 Å². The molecule has 0 bridgehead atoms. The average molecular weight is 291 g/mol. The second-order valence-corrected chi connectivity index (χ2v) is 6.58. The zero-order valence-corrected chi connectivity index (χ0v) is 12.8. The van der Waals surface area contributed by atoms with Crippen molar-refractivity contribution in [2.45, 2.75) is 38.4 Å². The fourth-order valence-electron chi connectivity index (χ4n) is 2.90. The summed E-state index contributed by atoms with van der Waals surface area (Å²) >= 11 is 0. The molecular weight excluding hydrogens is 270 g/mol. The number of carbonyl (C=O) groups excluding carboxylic acids is 1. The fraction of sp³-hybridized carbons (Fsp3) is 0.562. The van der Waals surface area contributed by atoms with Gasteiger partial charge in [0.1, 0.15) is 17.5 Å². The lowest BCUT2D eigenvalue weighted by molar-refractivity contribution is 0.0635. The quantitative estimate of drug-likeness (QED) is 0.929. The van der Waals surface area contributed by atoms with Crippen LogP contribution >= 0.6 is 0 Å². The minimum atomic E-state index is -0.519. The number of fused-ring (bicyclic) bond motifs is 3. The Balaban J connectivity index is 1.73. The summed E-state index contributed by atoms with van der Waals surface area (Å²) in [6, 6.07) is 5.81. The van der Waals surface area contributed by atoms with Gasteiger partial charge in [-0.25, -0.2) is 4.79 Å². The molecule has 0 saturated heterocycles. The zero-order valence-electron chi connectivity index (χ0n) is 12.8. The van der Waals surface area contributed by atoms with E-state index in [0.717, 1.165) is 11.3 Å². The maximum atomic E-state index is 11.9. The van der Waals surface area contributed by atoms with Crippen LogP contribution in [0.2, 0.25) is 0 Å². The zero-order chi connectivity index (χ0) is 15.2. The summed E-state index contributed by atoms with van der Waals surface area (Å²) in [4.78, 5) is 11.9. The summed E-state index contributed by atoms with van der Waals surface area (Å²) in [5.74, 6) is 1.59. The van der Waals surface area contributed by atoms with Gasteiger partial charge in [0, 0.05) is 24.5 Å². The fourth-order valence-corrected chi connectivity index (χ4v) is 2.90. The Morgan fingerprint density at radius 3 is 2.81 bits per heavy atom. The molecule has 21 heavy (non-hydrogen) atoms. The predicted octanol–water partition coefficient (Wildman–Crippen LogP) is 3.15. The van der Waals surface area contributed by atoms with Crippen LogP contribution in [0.1, 0.15) is 32.3 Å². The monoisotopic (exact) mass is 291 g/mol. The van der Waals surface area contributed by atoms with Crippen molar-refractivity contribution in [1.29, 1.82) is 0 Å². The van der Waals surface area contributed by atoms with E-state index in [0.29, 0.717) is 24.1 Å². The first-order chi connectivity index (χ1) is 9.90. The second-order valence-electron chi connectivity index (χ2n) is 6.58. The highest BCUT2D eigenvalue weighted by Gasteiger charge is 2.59. The number of benzene rings is 1. The molecule has 1 aliphatic heterocycles. The molecule has 3 atom stereocenters. The number of hydrogen-bond donors (Lipinski definition) is 1. The number of rotatable bonds is 3.